The first-order chi connectivity index (χ1) is 10.3. The SMILES string of the molecule is COC(=O)CN(C(=O)CCOc1cc(C)cc(C)c1)C(C)C. The summed E-state index contributed by atoms with van der Waals surface area (Å²) >= 11 is 0. The number of nitrogens with zero attached hydrogens (tertiary/aromatic N) is 1. The van der Waals surface area contributed by atoms with Crippen LogP contribution in [0.4, 0.5) is 0 Å². The maximum atomic E-state index is 12.2. The minimum absolute atomic E-state index is 0.0312. The minimum atomic E-state index is -0.419. The van der Waals surface area contributed by atoms with Crippen LogP contribution in [0, 0.1) is 13.8 Å². The molecule has 0 radical (unpaired) electrons. The smallest absolute Gasteiger partial charge is 0.325 e. The minimum Gasteiger partial charge on any atom is -0.493 e. The van der Waals surface area contributed by atoms with Crippen LogP contribution in [0.5, 0.6) is 5.75 Å². The molecule has 5 heteroatoms. The third kappa shape index (κ3) is 5.76. The Hall–Kier alpha value is -2.04. The van der Waals surface area contributed by atoms with E-state index in [9.17, 15) is 9.59 Å². The standard InChI is InChI=1S/C17H25NO4/c1-12(2)18(11-17(20)21-5)16(19)6-7-22-15-9-13(3)8-14(4)10-15/h8-10,12H,6-7,11H2,1-5H3. The molecule has 0 unspecified atom stereocenters. The van der Waals surface area contributed by atoms with Gasteiger partial charge in [-0.2, -0.15) is 0 Å². The number of esters is 1. The molecule has 1 aromatic rings. The van der Waals surface area contributed by atoms with Crippen LogP contribution >= 0.6 is 0 Å². The van der Waals surface area contributed by atoms with Gasteiger partial charge in [0.1, 0.15) is 12.3 Å². The molecule has 0 fully saturated rings. The summed E-state index contributed by atoms with van der Waals surface area (Å²) in [5.41, 5.74) is 2.24. The number of methoxy groups -OCH3 is 1. The molecule has 1 rings (SSSR count). The average molecular weight is 307 g/mol. The van der Waals surface area contributed by atoms with E-state index in [1.54, 1.807) is 0 Å². The van der Waals surface area contributed by atoms with Crippen LogP contribution in [0.1, 0.15) is 31.4 Å². The fourth-order valence-electron chi connectivity index (χ4n) is 2.18. The Morgan fingerprint density at radius 3 is 2.23 bits per heavy atom. The Morgan fingerprint density at radius 2 is 1.73 bits per heavy atom. The number of aryl methyl sites for hydroxylation is 2. The summed E-state index contributed by atoms with van der Waals surface area (Å²) in [6, 6.07) is 5.88. The number of carbonyl (C=O) groups is 2. The third-order valence-electron chi connectivity index (χ3n) is 3.25. The van der Waals surface area contributed by atoms with E-state index in [-0.39, 0.29) is 31.5 Å². The van der Waals surface area contributed by atoms with E-state index >= 15 is 0 Å². The zero-order chi connectivity index (χ0) is 16.7. The van der Waals surface area contributed by atoms with Gasteiger partial charge >= 0.3 is 5.97 Å². The fourth-order valence-corrected chi connectivity index (χ4v) is 2.18. The molecule has 0 spiro atoms. The molecule has 0 atom stereocenters. The lowest BCUT2D eigenvalue weighted by molar-refractivity contribution is -0.148. The molecule has 0 saturated heterocycles. The largest absolute Gasteiger partial charge is 0.493 e. The normalized spacial score (nSPS) is 10.5. The molecule has 0 bridgehead atoms. The number of ether oxygens (including phenoxy) is 2. The van der Waals surface area contributed by atoms with E-state index in [0.29, 0.717) is 0 Å². The molecule has 22 heavy (non-hydrogen) atoms. The summed E-state index contributed by atoms with van der Waals surface area (Å²) in [5.74, 6) is 0.219. The lowest BCUT2D eigenvalue weighted by Gasteiger charge is -2.25. The van der Waals surface area contributed by atoms with Crippen molar-refractivity contribution in [2.45, 2.75) is 40.2 Å². The van der Waals surface area contributed by atoms with Gasteiger partial charge in [-0.05, 0) is 51.0 Å². The molecule has 0 aliphatic rings. The maximum absolute atomic E-state index is 12.2. The van der Waals surface area contributed by atoms with Crippen molar-refractivity contribution in [2.24, 2.45) is 0 Å². The molecule has 0 N–H and O–H groups in total. The number of carbonyl (C=O) groups excluding carboxylic acids is 2. The van der Waals surface area contributed by atoms with Crippen LogP contribution in [0.3, 0.4) is 0 Å². The summed E-state index contributed by atoms with van der Waals surface area (Å²) in [6.07, 6.45) is 0.224. The van der Waals surface area contributed by atoms with Crippen LogP contribution in [-0.4, -0.2) is 43.1 Å². The molecular formula is C17H25NO4. The number of rotatable bonds is 7. The van der Waals surface area contributed by atoms with Gasteiger partial charge < -0.3 is 14.4 Å². The second-order valence-electron chi connectivity index (χ2n) is 5.61. The van der Waals surface area contributed by atoms with E-state index in [1.165, 1.54) is 12.0 Å². The van der Waals surface area contributed by atoms with Crippen LogP contribution in [0.15, 0.2) is 18.2 Å². The fraction of sp³-hybridized carbons (Fsp3) is 0.529. The lowest BCUT2D eigenvalue weighted by Crippen LogP contribution is -2.41. The molecule has 122 valence electrons. The van der Waals surface area contributed by atoms with Crippen molar-refractivity contribution >= 4 is 11.9 Å². The first-order valence-corrected chi connectivity index (χ1v) is 7.41. The van der Waals surface area contributed by atoms with E-state index in [0.717, 1.165) is 16.9 Å². The molecule has 0 heterocycles. The van der Waals surface area contributed by atoms with Crippen LogP contribution in [0.25, 0.3) is 0 Å². The van der Waals surface area contributed by atoms with E-state index in [2.05, 4.69) is 10.8 Å². The third-order valence-corrected chi connectivity index (χ3v) is 3.25. The van der Waals surface area contributed by atoms with Gasteiger partial charge in [0, 0.05) is 6.04 Å². The molecular weight excluding hydrogens is 282 g/mol. The van der Waals surface area contributed by atoms with Crippen LogP contribution < -0.4 is 4.74 Å². The Bertz CT molecular complexity index is 505. The molecule has 0 aliphatic heterocycles. The van der Waals surface area contributed by atoms with Gasteiger partial charge in [-0.25, -0.2) is 0 Å². The molecule has 0 aliphatic carbocycles. The molecule has 0 saturated carbocycles. The van der Waals surface area contributed by atoms with Crippen molar-refractivity contribution in [3.63, 3.8) is 0 Å². The van der Waals surface area contributed by atoms with Gasteiger partial charge in [0.05, 0.1) is 20.1 Å². The molecule has 1 aromatic carbocycles. The van der Waals surface area contributed by atoms with Gasteiger partial charge in [0.25, 0.3) is 0 Å². The van der Waals surface area contributed by atoms with Gasteiger partial charge in [0.15, 0.2) is 0 Å². The zero-order valence-electron chi connectivity index (χ0n) is 14.0. The Balaban J connectivity index is 2.54. The summed E-state index contributed by atoms with van der Waals surface area (Å²) in [4.78, 5) is 25.0. The highest BCUT2D eigenvalue weighted by atomic mass is 16.5. The Morgan fingerprint density at radius 1 is 1.14 bits per heavy atom. The van der Waals surface area contributed by atoms with Crippen molar-refractivity contribution in [2.75, 3.05) is 20.3 Å². The van der Waals surface area contributed by atoms with E-state index < -0.39 is 5.97 Å². The van der Waals surface area contributed by atoms with Crippen molar-refractivity contribution in [1.82, 2.24) is 4.90 Å². The number of hydrogen-bond donors (Lipinski definition) is 0. The summed E-state index contributed by atoms with van der Waals surface area (Å²) in [6.45, 7) is 7.99. The predicted octanol–water partition coefficient (Wildman–Crippen LogP) is 2.48. The highest BCUT2D eigenvalue weighted by molar-refractivity contribution is 5.82. The number of hydrogen-bond acceptors (Lipinski definition) is 4. The van der Waals surface area contributed by atoms with E-state index in [1.807, 2.05) is 39.8 Å². The van der Waals surface area contributed by atoms with Gasteiger partial charge in [-0.3, -0.25) is 9.59 Å². The number of amides is 1. The summed E-state index contributed by atoms with van der Waals surface area (Å²) in [5, 5.41) is 0. The van der Waals surface area contributed by atoms with Crippen molar-refractivity contribution < 1.29 is 19.1 Å². The average Bonchev–Trinajstić information content (AvgIpc) is 2.42. The topological polar surface area (TPSA) is 55.8 Å². The summed E-state index contributed by atoms with van der Waals surface area (Å²) in [7, 11) is 1.31. The van der Waals surface area contributed by atoms with Crippen LogP contribution in [-0.2, 0) is 14.3 Å². The maximum Gasteiger partial charge on any atom is 0.325 e. The van der Waals surface area contributed by atoms with Gasteiger partial charge in [-0.15, -0.1) is 0 Å². The van der Waals surface area contributed by atoms with Gasteiger partial charge in [0.2, 0.25) is 5.91 Å². The van der Waals surface area contributed by atoms with E-state index in [4.69, 9.17) is 4.74 Å². The molecule has 0 aromatic heterocycles. The number of benzene rings is 1. The monoisotopic (exact) mass is 307 g/mol. The summed E-state index contributed by atoms with van der Waals surface area (Å²) < 4.78 is 10.3. The Labute approximate surface area is 132 Å². The quantitative estimate of drug-likeness (QED) is 0.726. The first kappa shape index (κ1) is 18.0. The van der Waals surface area contributed by atoms with Gasteiger partial charge in [-0.1, -0.05) is 6.07 Å². The molecule has 5 nitrogen and oxygen atoms in total. The predicted molar refractivity (Wildman–Crippen MR) is 84.9 cm³/mol. The first-order valence-electron chi connectivity index (χ1n) is 7.41. The van der Waals surface area contributed by atoms with Crippen molar-refractivity contribution in [3.05, 3.63) is 29.3 Å². The van der Waals surface area contributed by atoms with Crippen molar-refractivity contribution in [3.8, 4) is 5.75 Å². The second-order valence-corrected chi connectivity index (χ2v) is 5.61. The second kappa shape index (κ2) is 8.41. The molecule has 1 amide bonds. The Kier molecular flexibility index (Phi) is 6.89. The highest BCUT2D eigenvalue weighted by Gasteiger charge is 2.20. The van der Waals surface area contributed by atoms with Crippen molar-refractivity contribution in [1.29, 1.82) is 0 Å². The zero-order valence-corrected chi connectivity index (χ0v) is 14.0. The lowest BCUT2D eigenvalue weighted by atomic mass is 10.1. The van der Waals surface area contributed by atoms with Crippen LogP contribution in [0.2, 0.25) is 0 Å². The highest BCUT2D eigenvalue weighted by Crippen LogP contribution is 2.16.